The van der Waals surface area contributed by atoms with E-state index in [9.17, 15) is 19.1 Å². The first-order chi connectivity index (χ1) is 10.5. The Hall–Kier alpha value is -2.54. The van der Waals surface area contributed by atoms with Crippen molar-refractivity contribution >= 4 is 28.2 Å². The third-order valence-corrected chi connectivity index (χ3v) is 4.18. The Morgan fingerprint density at radius 2 is 2.14 bits per heavy atom. The summed E-state index contributed by atoms with van der Waals surface area (Å²) in [6.07, 6.45) is 1.49. The highest BCUT2D eigenvalue weighted by atomic mass is 32.1. The van der Waals surface area contributed by atoms with Crippen LogP contribution in [0.5, 0.6) is 0 Å². The summed E-state index contributed by atoms with van der Waals surface area (Å²) in [6.45, 7) is 1.23. The molecule has 0 radical (unpaired) electrons. The monoisotopic (exact) mass is 318 g/mol. The van der Waals surface area contributed by atoms with Gasteiger partial charge in [-0.05, 0) is 13.0 Å². The van der Waals surface area contributed by atoms with E-state index in [1.165, 1.54) is 42.7 Å². The molecule has 0 spiro atoms. The number of ketones is 1. The second-order valence-electron chi connectivity index (χ2n) is 4.73. The van der Waals surface area contributed by atoms with Gasteiger partial charge in [-0.15, -0.1) is 11.3 Å². The number of halogens is 1. The van der Waals surface area contributed by atoms with Crippen LogP contribution in [0.3, 0.4) is 0 Å². The number of carbonyl (C=O) groups excluding carboxylic acids is 2. The quantitative estimate of drug-likeness (QED) is 0.944. The van der Waals surface area contributed by atoms with Crippen LogP contribution in [0.15, 0.2) is 47.2 Å². The zero-order chi connectivity index (χ0) is 15.9. The maximum Gasteiger partial charge on any atom is 0.296 e. The second-order valence-corrected chi connectivity index (χ2v) is 5.61. The fourth-order valence-electron chi connectivity index (χ4n) is 2.49. The molecule has 1 aliphatic rings. The van der Waals surface area contributed by atoms with Crippen LogP contribution in [-0.4, -0.2) is 21.8 Å². The third-order valence-electron chi connectivity index (χ3n) is 3.41. The first kappa shape index (κ1) is 14.4. The number of nitrogens with zero attached hydrogens (tertiary/aromatic N) is 2. The van der Waals surface area contributed by atoms with Gasteiger partial charge in [0.25, 0.3) is 5.91 Å². The Morgan fingerprint density at radius 1 is 1.41 bits per heavy atom. The molecule has 22 heavy (non-hydrogen) atoms. The largest absolute Gasteiger partial charge is 0.503 e. The minimum Gasteiger partial charge on any atom is -0.503 e. The van der Waals surface area contributed by atoms with Crippen LogP contribution in [-0.2, 0) is 9.59 Å². The maximum atomic E-state index is 14.2. The van der Waals surface area contributed by atoms with Gasteiger partial charge in [0.2, 0.25) is 0 Å². The maximum absolute atomic E-state index is 14.2. The summed E-state index contributed by atoms with van der Waals surface area (Å²) in [4.78, 5) is 29.4. The van der Waals surface area contributed by atoms with Crippen molar-refractivity contribution in [1.82, 2.24) is 4.98 Å². The van der Waals surface area contributed by atoms with E-state index in [1.807, 2.05) is 0 Å². The molecule has 1 amide bonds. The summed E-state index contributed by atoms with van der Waals surface area (Å²) >= 11 is 1.17. The first-order valence-electron chi connectivity index (χ1n) is 6.44. The molecule has 1 aliphatic heterocycles. The van der Waals surface area contributed by atoms with Gasteiger partial charge in [0.05, 0.1) is 5.57 Å². The first-order valence-corrected chi connectivity index (χ1v) is 7.32. The van der Waals surface area contributed by atoms with Crippen molar-refractivity contribution in [3.8, 4) is 0 Å². The minimum absolute atomic E-state index is 0.120. The number of aliphatic hydroxyl groups is 1. The highest BCUT2D eigenvalue weighted by Gasteiger charge is 2.45. The third kappa shape index (κ3) is 2.10. The summed E-state index contributed by atoms with van der Waals surface area (Å²) in [5.41, 5.74) is 0.0191. The molecule has 0 unspecified atom stereocenters. The van der Waals surface area contributed by atoms with Crippen LogP contribution in [0.25, 0.3) is 0 Å². The molecule has 1 aromatic heterocycles. The van der Waals surface area contributed by atoms with Gasteiger partial charge in [-0.25, -0.2) is 9.37 Å². The van der Waals surface area contributed by atoms with Crippen molar-refractivity contribution in [3.05, 3.63) is 58.6 Å². The van der Waals surface area contributed by atoms with E-state index in [0.29, 0.717) is 5.13 Å². The number of aliphatic hydroxyl groups excluding tert-OH is 1. The van der Waals surface area contributed by atoms with E-state index in [1.54, 1.807) is 11.4 Å². The lowest BCUT2D eigenvalue weighted by atomic mass is 9.96. The summed E-state index contributed by atoms with van der Waals surface area (Å²) in [5, 5.41) is 12.0. The molecule has 112 valence electrons. The zero-order valence-electron chi connectivity index (χ0n) is 11.5. The number of thiazole rings is 1. The van der Waals surface area contributed by atoms with E-state index in [-0.39, 0.29) is 11.1 Å². The second kappa shape index (κ2) is 5.34. The van der Waals surface area contributed by atoms with Crippen molar-refractivity contribution < 1.29 is 19.1 Å². The van der Waals surface area contributed by atoms with E-state index in [0.717, 1.165) is 4.90 Å². The molecule has 2 aromatic rings. The Labute approximate surface area is 129 Å². The summed E-state index contributed by atoms with van der Waals surface area (Å²) in [5.74, 6) is -2.46. The van der Waals surface area contributed by atoms with Crippen molar-refractivity contribution in [2.75, 3.05) is 4.90 Å². The number of anilines is 1. The predicted octanol–water partition coefficient (Wildman–Crippen LogP) is 2.77. The number of aromatic nitrogens is 1. The molecule has 0 aliphatic carbocycles. The summed E-state index contributed by atoms with van der Waals surface area (Å²) in [7, 11) is 0. The average Bonchev–Trinajstić information content (AvgIpc) is 3.07. The summed E-state index contributed by atoms with van der Waals surface area (Å²) < 4.78 is 14.2. The van der Waals surface area contributed by atoms with Gasteiger partial charge in [0.1, 0.15) is 11.9 Å². The lowest BCUT2D eigenvalue weighted by Gasteiger charge is -2.24. The topological polar surface area (TPSA) is 70.5 Å². The zero-order valence-corrected chi connectivity index (χ0v) is 12.3. The smallest absolute Gasteiger partial charge is 0.296 e. The number of amides is 1. The number of hydrogen-bond acceptors (Lipinski definition) is 5. The lowest BCUT2D eigenvalue weighted by Crippen LogP contribution is -2.31. The van der Waals surface area contributed by atoms with E-state index in [2.05, 4.69) is 4.98 Å². The fourth-order valence-corrected chi connectivity index (χ4v) is 3.16. The van der Waals surface area contributed by atoms with Gasteiger partial charge in [0.15, 0.2) is 16.7 Å². The van der Waals surface area contributed by atoms with Crippen LogP contribution >= 0.6 is 11.3 Å². The van der Waals surface area contributed by atoms with Crippen molar-refractivity contribution in [2.45, 2.75) is 13.0 Å². The van der Waals surface area contributed by atoms with Gasteiger partial charge < -0.3 is 5.11 Å². The molecule has 1 aromatic carbocycles. The molecular weight excluding hydrogens is 307 g/mol. The van der Waals surface area contributed by atoms with Gasteiger partial charge in [-0.3, -0.25) is 14.5 Å². The minimum atomic E-state index is -1.02. The highest BCUT2D eigenvalue weighted by Crippen LogP contribution is 2.42. The van der Waals surface area contributed by atoms with Gasteiger partial charge in [-0.2, -0.15) is 0 Å². The Morgan fingerprint density at radius 3 is 2.73 bits per heavy atom. The number of Topliss-reactive ketones (excluding diaryl/α,β-unsaturated/α-hetero) is 1. The van der Waals surface area contributed by atoms with Gasteiger partial charge >= 0.3 is 0 Å². The standard InChI is InChI=1S/C15H11FN2O3S/c1-8(19)11-12(9-4-2-3-5-10(9)16)18(14(21)13(11)20)15-17-6-7-22-15/h2-7,12,20H,1H3/t12-/m1/s1. The number of hydrogen-bond donors (Lipinski definition) is 1. The molecule has 1 N–H and O–H groups in total. The molecule has 5 nitrogen and oxygen atoms in total. The van der Waals surface area contributed by atoms with E-state index in [4.69, 9.17) is 0 Å². The average molecular weight is 318 g/mol. The molecule has 0 bridgehead atoms. The van der Waals surface area contributed by atoms with Crippen molar-refractivity contribution in [2.24, 2.45) is 0 Å². The van der Waals surface area contributed by atoms with Crippen LogP contribution in [0.4, 0.5) is 9.52 Å². The number of rotatable bonds is 3. The molecule has 0 saturated heterocycles. The Bertz CT molecular complexity index is 786. The van der Waals surface area contributed by atoms with E-state index >= 15 is 0 Å². The van der Waals surface area contributed by atoms with Crippen LogP contribution in [0.1, 0.15) is 18.5 Å². The van der Waals surface area contributed by atoms with E-state index < -0.39 is 29.3 Å². The van der Waals surface area contributed by atoms with Crippen molar-refractivity contribution in [3.63, 3.8) is 0 Å². The summed E-state index contributed by atoms with van der Waals surface area (Å²) in [6, 6.07) is 4.83. The molecule has 1 atom stereocenters. The van der Waals surface area contributed by atoms with Crippen molar-refractivity contribution in [1.29, 1.82) is 0 Å². The highest BCUT2D eigenvalue weighted by molar-refractivity contribution is 7.13. The molecular formula is C15H11FN2O3S. The normalized spacial score (nSPS) is 18.2. The molecule has 2 heterocycles. The molecule has 7 heteroatoms. The van der Waals surface area contributed by atoms with Gasteiger partial charge in [0, 0.05) is 17.1 Å². The SMILES string of the molecule is CC(=O)C1=C(O)C(=O)N(c2nccs2)[C@@H]1c1ccccc1F. The number of benzene rings is 1. The molecule has 3 rings (SSSR count). The lowest BCUT2D eigenvalue weighted by molar-refractivity contribution is -0.117. The van der Waals surface area contributed by atoms with Gasteiger partial charge in [-0.1, -0.05) is 18.2 Å². The van der Waals surface area contributed by atoms with Crippen LogP contribution in [0, 0.1) is 5.82 Å². The van der Waals surface area contributed by atoms with Crippen LogP contribution < -0.4 is 4.90 Å². The molecule has 0 fully saturated rings. The Kier molecular flexibility index (Phi) is 3.50. The number of carbonyl (C=O) groups is 2. The molecule has 0 saturated carbocycles. The predicted molar refractivity (Wildman–Crippen MR) is 79.1 cm³/mol. The fraction of sp³-hybridized carbons (Fsp3) is 0.133. The Balaban J connectivity index is 2.22. The van der Waals surface area contributed by atoms with Crippen LogP contribution in [0.2, 0.25) is 0 Å².